The Hall–Kier alpha value is -1.73. The largest absolute Gasteiger partial charge is 1.00 e. The molecule has 0 fully saturated rings. The van der Waals surface area contributed by atoms with E-state index in [2.05, 4.69) is 85.3 Å². The molecule has 0 radical (unpaired) electrons. The van der Waals surface area contributed by atoms with E-state index in [0.717, 1.165) is 0 Å². The summed E-state index contributed by atoms with van der Waals surface area (Å²) < 4.78 is 0. The molecule has 0 aliphatic carbocycles. The molecule has 0 atom stereocenters. The molecule has 102 valence electrons. The van der Waals surface area contributed by atoms with E-state index < -0.39 is 0 Å². The van der Waals surface area contributed by atoms with Crippen molar-refractivity contribution in [3.63, 3.8) is 0 Å². The second kappa shape index (κ2) is 8.65. The fraction of sp³-hybridized carbons (Fsp3) is 0. The Morgan fingerprint density at radius 3 is 1.73 bits per heavy atom. The van der Waals surface area contributed by atoms with Crippen LogP contribution in [0.5, 0.6) is 0 Å². The maximum Gasteiger partial charge on any atom is 1.00 e. The van der Waals surface area contributed by atoms with Gasteiger partial charge < -0.3 is 0 Å². The van der Waals surface area contributed by atoms with Crippen LogP contribution >= 0.6 is 0 Å². The van der Waals surface area contributed by atoms with Crippen molar-refractivity contribution in [2.45, 2.75) is 0 Å². The van der Waals surface area contributed by atoms with Crippen LogP contribution in [0.15, 0.2) is 91.0 Å². The molecular formula is C21H17Na. The van der Waals surface area contributed by atoms with E-state index >= 15 is 0 Å². The smallest absolute Gasteiger partial charge is 0.126 e. The van der Waals surface area contributed by atoms with Gasteiger partial charge >= 0.3 is 29.6 Å². The third-order valence-corrected chi connectivity index (χ3v) is 3.35. The third-order valence-electron chi connectivity index (χ3n) is 3.35. The summed E-state index contributed by atoms with van der Waals surface area (Å²) >= 11 is 0. The molecule has 0 aliphatic rings. The van der Waals surface area contributed by atoms with Crippen molar-refractivity contribution >= 4 is 11.6 Å². The van der Waals surface area contributed by atoms with Crippen LogP contribution in [0.2, 0.25) is 0 Å². The molecule has 0 saturated carbocycles. The fourth-order valence-electron chi connectivity index (χ4n) is 2.30. The fourth-order valence-corrected chi connectivity index (χ4v) is 2.30. The van der Waals surface area contributed by atoms with E-state index in [1.54, 1.807) is 0 Å². The summed E-state index contributed by atoms with van der Waals surface area (Å²) in [6.07, 6.45) is 4.45. The normalized spacial score (nSPS) is 10.6. The molecule has 0 nitrogen and oxygen atoms in total. The number of hydrogen-bond acceptors (Lipinski definition) is 0. The zero-order chi connectivity index (χ0) is 14.3. The molecule has 0 unspecified atom stereocenters. The standard InChI is InChI=1S/C21H17.Na/c1-4-10-18(11-5-1)16-21(20-14-8-3-9-15-20)17-19-12-6-2-7-13-19;/h1-17H;/q-1;+1. The predicted octanol–water partition coefficient (Wildman–Crippen LogP) is 2.48. The quantitative estimate of drug-likeness (QED) is 0.394. The van der Waals surface area contributed by atoms with Gasteiger partial charge in [-0.3, -0.25) is 0 Å². The monoisotopic (exact) mass is 292 g/mol. The van der Waals surface area contributed by atoms with Crippen LogP contribution < -0.4 is 29.6 Å². The Labute approximate surface area is 154 Å². The molecule has 0 saturated heterocycles. The van der Waals surface area contributed by atoms with Crippen molar-refractivity contribution in [3.05, 3.63) is 114 Å². The molecule has 0 N–H and O–H groups in total. The minimum Gasteiger partial charge on any atom is -0.126 e. The molecule has 3 rings (SSSR count). The van der Waals surface area contributed by atoms with E-state index in [-0.39, 0.29) is 29.6 Å². The van der Waals surface area contributed by atoms with Crippen LogP contribution in [0.25, 0.3) is 11.6 Å². The number of benzene rings is 3. The second-order valence-corrected chi connectivity index (χ2v) is 4.93. The molecule has 0 amide bonds. The number of allylic oxidation sites excluding steroid dienone is 1. The zero-order valence-electron chi connectivity index (χ0n) is 12.8. The van der Waals surface area contributed by atoms with Gasteiger partial charge in [0, 0.05) is 0 Å². The van der Waals surface area contributed by atoms with Gasteiger partial charge in [0.25, 0.3) is 0 Å². The van der Waals surface area contributed by atoms with Gasteiger partial charge in [-0.05, 0) is 0 Å². The van der Waals surface area contributed by atoms with Gasteiger partial charge in [-0.25, -0.2) is 0 Å². The summed E-state index contributed by atoms with van der Waals surface area (Å²) in [5.74, 6) is 0. The topological polar surface area (TPSA) is 0 Å². The van der Waals surface area contributed by atoms with E-state index in [4.69, 9.17) is 0 Å². The maximum absolute atomic E-state index is 2.22. The van der Waals surface area contributed by atoms with Gasteiger partial charge in [-0.1, -0.05) is 90.0 Å². The third kappa shape index (κ3) is 4.64. The van der Waals surface area contributed by atoms with E-state index in [1.807, 2.05) is 18.2 Å². The first-order valence-electron chi connectivity index (χ1n) is 7.14. The van der Waals surface area contributed by atoms with Crippen LogP contribution in [0.3, 0.4) is 0 Å². The van der Waals surface area contributed by atoms with Gasteiger partial charge in [0.2, 0.25) is 0 Å². The van der Waals surface area contributed by atoms with Crippen molar-refractivity contribution in [2.75, 3.05) is 0 Å². The van der Waals surface area contributed by atoms with Crippen molar-refractivity contribution < 1.29 is 29.6 Å². The molecule has 0 spiro atoms. The zero-order valence-corrected chi connectivity index (χ0v) is 14.8. The molecule has 0 bridgehead atoms. The van der Waals surface area contributed by atoms with Crippen molar-refractivity contribution in [3.8, 4) is 0 Å². The summed E-state index contributed by atoms with van der Waals surface area (Å²) in [5, 5.41) is 0. The van der Waals surface area contributed by atoms with Crippen molar-refractivity contribution in [2.24, 2.45) is 0 Å². The van der Waals surface area contributed by atoms with Crippen LogP contribution in [-0.4, -0.2) is 0 Å². The number of hydrogen-bond donors (Lipinski definition) is 0. The van der Waals surface area contributed by atoms with E-state index in [0.29, 0.717) is 0 Å². The van der Waals surface area contributed by atoms with Gasteiger partial charge in [-0.2, -0.15) is 0 Å². The molecule has 1 heteroatoms. The average Bonchev–Trinajstić information content (AvgIpc) is 2.57. The summed E-state index contributed by atoms with van der Waals surface area (Å²) in [5.41, 5.74) is 4.87. The maximum atomic E-state index is 2.22. The Bertz CT molecular complexity index is 701. The first-order chi connectivity index (χ1) is 10.4. The van der Waals surface area contributed by atoms with Crippen LogP contribution in [-0.2, 0) is 0 Å². The van der Waals surface area contributed by atoms with Gasteiger partial charge in [0.05, 0.1) is 0 Å². The predicted molar refractivity (Wildman–Crippen MR) is 90.6 cm³/mol. The molecule has 3 aromatic carbocycles. The van der Waals surface area contributed by atoms with Gasteiger partial charge in [0.15, 0.2) is 0 Å². The molecule has 0 heterocycles. The van der Waals surface area contributed by atoms with Gasteiger partial charge in [0.1, 0.15) is 0 Å². The summed E-state index contributed by atoms with van der Waals surface area (Å²) in [6, 6.07) is 31.4. The van der Waals surface area contributed by atoms with Crippen LogP contribution in [0.1, 0.15) is 16.7 Å². The minimum absolute atomic E-state index is 0. The second-order valence-electron chi connectivity index (χ2n) is 4.93. The van der Waals surface area contributed by atoms with Crippen LogP contribution in [0.4, 0.5) is 0 Å². The molecular weight excluding hydrogens is 275 g/mol. The Kier molecular flexibility index (Phi) is 6.54. The average molecular weight is 292 g/mol. The van der Waals surface area contributed by atoms with Crippen LogP contribution in [0, 0.1) is 6.42 Å². The molecule has 3 aromatic rings. The molecule has 0 aromatic heterocycles. The van der Waals surface area contributed by atoms with E-state index in [9.17, 15) is 0 Å². The Balaban J connectivity index is 0.00000176. The van der Waals surface area contributed by atoms with E-state index in [1.165, 1.54) is 22.3 Å². The van der Waals surface area contributed by atoms with Crippen molar-refractivity contribution in [1.82, 2.24) is 0 Å². The summed E-state index contributed by atoms with van der Waals surface area (Å²) in [6.45, 7) is 0. The minimum atomic E-state index is 0. The number of rotatable bonds is 4. The Morgan fingerprint density at radius 1 is 0.636 bits per heavy atom. The first kappa shape index (κ1) is 16.6. The first-order valence-corrected chi connectivity index (χ1v) is 7.14. The molecule has 22 heavy (non-hydrogen) atoms. The van der Waals surface area contributed by atoms with Gasteiger partial charge in [-0.15, -0.1) is 35.8 Å². The summed E-state index contributed by atoms with van der Waals surface area (Å²) in [7, 11) is 0. The SMILES string of the molecule is C(=C([CH-]c1ccccc1)c1ccccc1)c1ccccc1.[Na+]. The Morgan fingerprint density at radius 2 is 1.14 bits per heavy atom. The summed E-state index contributed by atoms with van der Waals surface area (Å²) in [4.78, 5) is 0. The van der Waals surface area contributed by atoms with Crippen molar-refractivity contribution in [1.29, 1.82) is 0 Å². The molecule has 0 aliphatic heterocycles.